The molecule has 4 aromatic rings. The van der Waals surface area contributed by atoms with Crippen LogP contribution in [-0.2, 0) is 6.61 Å². The van der Waals surface area contributed by atoms with Gasteiger partial charge in [0.05, 0.1) is 20.3 Å². The van der Waals surface area contributed by atoms with Crippen molar-refractivity contribution in [2.24, 2.45) is 0 Å². The summed E-state index contributed by atoms with van der Waals surface area (Å²) in [5, 5.41) is 4.82. The van der Waals surface area contributed by atoms with E-state index in [1.807, 2.05) is 29.5 Å². The maximum absolute atomic E-state index is 6.22. The zero-order valence-corrected chi connectivity index (χ0v) is 21.1. The number of fused-ring (bicyclic) bond motifs is 1. The molecule has 5 nitrogen and oxygen atoms in total. The lowest BCUT2D eigenvalue weighted by Crippen LogP contribution is -2.32. The molecule has 182 valence electrons. The van der Waals surface area contributed by atoms with Gasteiger partial charge >= 0.3 is 0 Å². The second kappa shape index (κ2) is 11.1. The topological polar surface area (TPSA) is 43.0 Å². The van der Waals surface area contributed by atoms with Crippen LogP contribution < -0.4 is 19.5 Å². The first-order chi connectivity index (χ1) is 17.3. The number of rotatable bonds is 8. The van der Waals surface area contributed by atoms with Crippen LogP contribution in [0.5, 0.6) is 17.2 Å². The van der Waals surface area contributed by atoms with Crippen LogP contribution in [0.2, 0.25) is 0 Å². The van der Waals surface area contributed by atoms with E-state index in [9.17, 15) is 0 Å². The van der Waals surface area contributed by atoms with Gasteiger partial charge in [-0.15, -0.1) is 11.3 Å². The largest absolute Gasteiger partial charge is 0.493 e. The Morgan fingerprint density at radius 3 is 2.37 bits per heavy atom. The second-order valence-electron chi connectivity index (χ2n) is 8.76. The van der Waals surface area contributed by atoms with Crippen LogP contribution in [0.3, 0.4) is 0 Å². The molecule has 1 atom stereocenters. The molecule has 1 aliphatic heterocycles. The average molecular weight is 489 g/mol. The molecule has 1 aliphatic rings. The standard InChI is InChI=1S/C29H32N2O3S/c1-32-24-17-23(18-25(33-2)29(24)34-20-21-9-4-3-5-10-21)28(31-15-8-13-30-14-16-31)27-19-22-11-6-7-12-26(22)35-27/h3-7,9-12,17-19,28,30H,8,13-16,20H2,1-2H3. The van der Waals surface area contributed by atoms with Gasteiger partial charge in [-0.3, -0.25) is 4.90 Å². The summed E-state index contributed by atoms with van der Waals surface area (Å²) < 4.78 is 19.2. The van der Waals surface area contributed by atoms with E-state index in [0.29, 0.717) is 23.9 Å². The molecule has 0 saturated carbocycles. The molecule has 0 spiro atoms. The molecule has 1 N–H and O–H groups in total. The van der Waals surface area contributed by atoms with Crippen LogP contribution in [0.25, 0.3) is 10.1 Å². The Kier molecular flexibility index (Phi) is 7.52. The monoisotopic (exact) mass is 488 g/mol. The Hall–Kier alpha value is -3.06. The number of nitrogens with zero attached hydrogens (tertiary/aromatic N) is 1. The van der Waals surface area contributed by atoms with Crippen LogP contribution in [-0.4, -0.2) is 45.3 Å². The summed E-state index contributed by atoms with van der Waals surface area (Å²) in [5.74, 6) is 2.01. The number of benzene rings is 3. The van der Waals surface area contributed by atoms with E-state index in [2.05, 4.69) is 64.8 Å². The van der Waals surface area contributed by atoms with Crippen LogP contribution in [0.1, 0.15) is 28.5 Å². The molecule has 1 saturated heterocycles. The summed E-state index contributed by atoms with van der Waals surface area (Å²) in [7, 11) is 3.39. The summed E-state index contributed by atoms with van der Waals surface area (Å²) in [4.78, 5) is 3.90. The molecular weight excluding hydrogens is 456 g/mol. The molecule has 0 aliphatic carbocycles. The molecule has 3 aromatic carbocycles. The molecule has 6 heteroatoms. The summed E-state index contributed by atoms with van der Waals surface area (Å²) in [5.41, 5.74) is 2.25. The smallest absolute Gasteiger partial charge is 0.203 e. The molecule has 0 radical (unpaired) electrons. The lowest BCUT2D eigenvalue weighted by atomic mass is 10.0. The highest BCUT2D eigenvalue weighted by molar-refractivity contribution is 7.19. The van der Waals surface area contributed by atoms with Gasteiger partial charge in [-0.05, 0) is 53.7 Å². The quantitative estimate of drug-likeness (QED) is 0.335. The number of nitrogens with one attached hydrogen (secondary N) is 1. The first-order valence-corrected chi connectivity index (χ1v) is 12.9. The lowest BCUT2D eigenvalue weighted by molar-refractivity contribution is 0.240. The van der Waals surface area contributed by atoms with E-state index in [1.165, 1.54) is 15.0 Å². The zero-order valence-electron chi connectivity index (χ0n) is 20.3. The van der Waals surface area contributed by atoms with Gasteiger partial charge in [0.25, 0.3) is 0 Å². The zero-order chi connectivity index (χ0) is 24.0. The van der Waals surface area contributed by atoms with Crippen molar-refractivity contribution in [3.8, 4) is 17.2 Å². The number of ether oxygens (including phenoxy) is 3. The van der Waals surface area contributed by atoms with Gasteiger partial charge in [-0.1, -0.05) is 48.5 Å². The van der Waals surface area contributed by atoms with Gasteiger partial charge in [0.1, 0.15) is 6.61 Å². The van der Waals surface area contributed by atoms with E-state index in [-0.39, 0.29) is 6.04 Å². The third-order valence-corrected chi connectivity index (χ3v) is 7.65. The van der Waals surface area contributed by atoms with Crippen molar-refractivity contribution < 1.29 is 14.2 Å². The van der Waals surface area contributed by atoms with Gasteiger partial charge < -0.3 is 19.5 Å². The van der Waals surface area contributed by atoms with Gasteiger partial charge in [0.2, 0.25) is 5.75 Å². The van der Waals surface area contributed by atoms with Gasteiger partial charge in [0, 0.05) is 29.2 Å². The fourth-order valence-corrected chi connectivity index (χ4v) is 5.98. The molecule has 2 heterocycles. The first-order valence-electron chi connectivity index (χ1n) is 12.1. The van der Waals surface area contributed by atoms with Gasteiger partial charge in [-0.2, -0.15) is 0 Å². The Labute approximate surface area is 211 Å². The third-order valence-electron chi connectivity index (χ3n) is 6.48. The van der Waals surface area contributed by atoms with Crippen LogP contribution >= 0.6 is 11.3 Å². The average Bonchev–Trinajstić information content (AvgIpc) is 3.14. The van der Waals surface area contributed by atoms with Crippen molar-refractivity contribution >= 4 is 21.4 Å². The maximum Gasteiger partial charge on any atom is 0.203 e. The van der Waals surface area contributed by atoms with E-state index in [0.717, 1.165) is 43.7 Å². The van der Waals surface area contributed by atoms with E-state index in [1.54, 1.807) is 14.2 Å². The van der Waals surface area contributed by atoms with Gasteiger partial charge in [0.15, 0.2) is 11.5 Å². The number of hydrogen-bond donors (Lipinski definition) is 1. The Morgan fingerprint density at radius 1 is 0.886 bits per heavy atom. The summed E-state index contributed by atoms with van der Waals surface area (Å²) in [6, 6.07) is 25.4. The highest BCUT2D eigenvalue weighted by atomic mass is 32.1. The van der Waals surface area contributed by atoms with E-state index in [4.69, 9.17) is 14.2 Å². The Balaban J connectivity index is 1.55. The Bertz CT molecular complexity index is 1190. The van der Waals surface area contributed by atoms with Crippen molar-refractivity contribution in [1.82, 2.24) is 10.2 Å². The minimum atomic E-state index is 0.110. The van der Waals surface area contributed by atoms with Crippen molar-refractivity contribution in [2.45, 2.75) is 19.1 Å². The molecule has 35 heavy (non-hydrogen) atoms. The molecule has 1 unspecified atom stereocenters. The van der Waals surface area contributed by atoms with Crippen molar-refractivity contribution in [1.29, 1.82) is 0 Å². The van der Waals surface area contributed by atoms with E-state index >= 15 is 0 Å². The van der Waals surface area contributed by atoms with Crippen molar-refractivity contribution in [2.75, 3.05) is 40.4 Å². The Morgan fingerprint density at radius 2 is 1.63 bits per heavy atom. The first kappa shape index (κ1) is 23.7. The number of hydrogen-bond acceptors (Lipinski definition) is 6. The molecule has 5 rings (SSSR count). The van der Waals surface area contributed by atoms with Gasteiger partial charge in [-0.25, -0.2) is 0 Å². The fraction of sp³-hybridized carbons (Fsp3) is 0.310. The van der Waals surface area contributed by atoms with Crippen LogP contribution in [0.15, 0.2) is 72.8 Å². The van der Waals surface area contributed by atoms with E-state index < -0.39 is 0 Å². The predicted octanol–water partition coefficient (Wildman–Crippen LogP) is 5.88. The second-order valence-corrected chi connectivity index (χ2v) is 9.87. The predicted molar refractivity (Wildman–Crippen MR) is 143 cm³/mol. The fourth-order valence-electron chi connectivity index (χ4n) is 4.75. The number of methoxy groups -OCH3 is 2. The normalized spacial score (nSPS) is 15.5. The minimum Gasteiger partial charge on any atom is -0.493 e. The number of thiophene rings is 1. The van der Waals surface area contributed by atoms with Crippen molar-refractivity contribution in [3.05, 3.63) is 88.8 Å². The SMILES string of the molecule is COc1cc(C(c2cc3ccccc3s2)N2CCCNCC2)cc(OC)c1OCc1ccccc1. The maximum atomic E-state index is 6.22. The minimum absolute atomic E-state index is 0.110. The van der Waals surface area contributed by atoms with Crippen LogP contribution in [0, 0.1) is 0 Å². The molecule has 1 fully saturated rings. The highest BCUT2D eigenvalue weighted by Gasteiger charge is 2.28. The summed E-state index contributed by atoms with van der Waals surface area (Å²) in [6.07, 6.45) is 1.12. The van der Waals surface area contributed by atoms with Crippen LogP contribution in [0.4, 0.5) is 0 Å². The summed E-state index contributed by atoms with van der Waals surface area (Å²) in [6.45, 7) is 4.49. The highest BCUT2D eigenvalue weighted by Crippen LogP contribution is 2.44. The molecular formula is C29H32N2O3S. The molecule has 0 amide bonds. The lowest BCUT2D eigenvalue weighted by Gasteiger charge is -2.31. The molecule has 0 bridgehead atoms. The summed E-state index contributed by atoms with van der Waals surface area (Å²) >= 11 is 1.86. The third kappa shape index (κ3) is 5.30. The van der Waals surface area contributed by atoms with Crippen molar-refractivity contribution in [3.63, 3.8) is 0 Å². The molecule has 1 aromatic heterocycles.